The average Bonchev–Trinajstić information content (AvgIpc) is 3.59. The van der Waals surface area contributed by atoms with Crippen molar-refractivity contribution in [3.05, 3.63) is 192 Å². The van der Waals surface area contributed by atoms with Crippen LogP contribution < -0.4 is 0 Å². The van der Waals surface area contributed by atoms with Gasteiger partial charge in [0.25, 0.3) is 0 Å². The van der Waals surface area contributed by atoms with E-state index in [-0.39, 0.29) is 10.8 Å². The van der Waals surface area contributed by atoms with E-state index in [1.165, 1.54) is 110 Å². The molecule has 54 heavy (non-hydrogen) atoms. The highest BCUT2D eigenvalue weighted by atomic mass is 14.4. The van der Waals surface area contributed by atoms with Gasteiger partial charge < -0.3 is 0 Å². The van der Waals surface area contributed by atoms with Crippen molar-refractivity contribution in [3.8, 4) is 55.6 Å². The van der Waals surface area contributed by atoms with Crippen LogP contribution in [0.15, 0.2) is 170 Å². The molecule has 0 N–H and O–H groups in total. The van der Waals surface area contributed by atoms with Crippen molar-refractivity contribution in [1.82, 2.24) is 0 Å². The monoisotopic (exact) mass is 688 g/mol. The third-order valence-corrected chi connectivity index (χ3v) is 12.8. The van der Waals surface area contributed by atoms with Gasteiger partial charge in [-0.3, -0.25) is 0 Å². The Hall–Kier alpha value is -6.24. The third kappa shape index (κ3) is 4.20. The summed E-state index contributed by atoms with van der Waals surface area (Å²) in [4.78, 5) is 0. The van der Waals surface area contributed by atoms with Gasteiger partial charge in [-0.2, -0.15) is 0 Å². The molecule has 2 aliphatic carbocycles. The molecule has 0 atom stereocenters. The predicted molar refractivity (Wildman–Crippen MR) is 230 cm³/mol. The van der Waals surface area contributed by atoms with E-state index < -0.39 is 0 Å². The van der Waals surface area contributed by atoms with Gasteiger partial charge in [-0.25, -0.2) is 0 Å². The van der Waals surface area contributed by atoms with Gasteiger partial charge in [0.2, 0.25) is 0 Å². The van der Waals surface area contributed by atoms with Crippen LogP contribution >= 0.6 is 0 Å². The molecule has 0 radical (unpaired) electrons. The molecular formula is C54H40. The van der Waals surface area contributed by atoms with Gasteiger partial charge in [0.05, 0.1) is 0 Å². The van der Waals surface area contributed by atoms with E-state index in [0.717, 1.165) is 0 Å². The molecule has 0 saturated carbocycles. The minimum Gasteiger partial charge on any atom is -0.0619 e. The maximum Gasteiger partial charge on any atom is 0.0165 e. The highest BCUT2D eigenvalue weighted by Crippen LogP contribution is 2.55. The highest BCUT2D eigenvalue weighted by Gasteiger charge is 2.39. The van der Waals surface area contributed by atoms with Gasteiger partial charge in [0, 0.05) is 10.8 Å². The lowest BCUT2D eigenvalue weighted by Crippen LogP contribution is -2.16. The van der Waals surface area contributed by atoms with Crippen LogP contribution in [-0.2, 0) is 10.8 Å². The zero-order chi connectivity index (χ0) is 36.3. The van der Waals surface area contributed by atoms with Crippen molar-refractivity contribution in [2.24, 2.45) is 0 Å². The lowest BCUT2D eigenvalue weighted by molar-refractivity contribution is 0.660. The zero-order valence-corrected chi connectivity index (χ0v) is 31.2. The fourth-order valence-electron chi connectivity index (χ4n) is 10.3. The lowest BCUT2D eigenvalue weighted by Gasteiger charge is -2.25. The van der Waals surface area contributed by atoms with E-state index in [1.807, 2.05) is 0 Å². The Morgan fingerprint density at radius 2 is 0.833 bits per heavy atom. The van der Waals surface area contributed by atoms with Crippen LogP contribution in [0.5, 0.6) is 0 Å². The van der Waals surface area contributed by atoms with E-state index in [1.54, 1.807) is 0 Å². The smallest absolute Gasteiger partial charge is 0.0165 e. The van der Waals surface area contributed by atoms with Crippen LogP contribution in [0.25, 0.3) is 88.0 Å². The summed E-state index contributed by atoms with van der Waals surface area (Å²) in [5, 5.41) is 7.76. The van der Waals surface area contributed by atoms with E-state index in [0.29, 0.717) is 0 Å². The summed E-state index contributed by atoms with van der Waals surface area (Å²) in [7, 11) is 0. The fraction of sp³-hybridized carbons (Fsp3) is 0.111. The molecule has 0 amide bonds. The molecular weight excluding hydrogens is 649 g/mol. The van der Waals surface area contributed by atoms with Crippen molar-refractivity contribution in [2.75, 3.05) is 0 Å². The Labute approximate surface area is 317 Å². The summed E-state index contributed by atoms with van der Waals surface area (Å²) < 4.78 is 0. The minimum absolute atomic E-state index is 0.0609. The van der Waals surface area contributed by atoms with Crippen molar-refractivity contribution in [2.45, 2.75) is 38.5 Å². The van der Waals surface area contributed by atoms with Crippen molar-refractivity contribution in [3.63, 3.8) is 0 Å². The zero-order valence-electron chi connectivity index (χ0n) is 31.2. The van der Waals surface area contributed by atoms with Crippen molar-refractivity contribution in [1.29, 1.82) is 0 Å². The van der Waals surface area contributed by atoms with Crippen LogP contribution in [0, 0.1) is 0 Å². The molecule has 9 aromatic rings. The number of hydrogen-bond acceptors (Lipinski definition) is 0. The van der Waals surface area contributed by atoms with Crippen LogP contribution in [0.4, 0.5) is 0 Å². The van der Waals surface area contributed by atoms with Gasteiger partial charge in [-0.1, -0.05) is 185 Å². The summed E-state index contributed by atoms with van der Waals surface area (Å²) in [6.07, 6.45) is 0. The average molecular weight is 689 g/mol. The van der Waals surface area contributed by atoms with Crippen LogP contribution in [0.2, 0.25) is 0 Å². The molecule has 0 fully saturated rings. The predicted octanol–water partition coefficient (Wildman–Crippen LogP) is 14.8. The lowest BCUT2D eigenvalue weighted by atomic mass is 9.78. The van der Waals surface area contributed by atoms with Gasteiger partial charge in [-0.15, -0.1) is 0 Å². The minimum atomic E-state index is -0.131. The first kappa shape index (κ1) is 31.3. The standard InChI is InChI=1S/C54H40/c1-53(2)46-26-12-11-19-39(46)40-29-27-36(32-48(40)53)50-43-22-9-7-20-41(43)49(42-21-8-10-23-44(42)50)35-17-13-16-34(31-35)38-24-14-25-45-51-37-18-6-5-15-33(37)28-30-47(51)54(3,4)52(38)45/h5-32H,1-4H3. The number of benzene rings is 9. The first-order valence-corrected chi connectivity index (χ1v) is 19.3. The fourth-order valence-corrected chi connectivity index (χ4v) is 10.3. The van der Waals surface area contributed by atoms with Gasteiger partial charge in [0.1, 0.15) is 0 Å². The Morgan fingerprint density at radius 3 is 1.56 bits per heavy atom. The molecule has 0 aromatic heterocycles. The van der Waals surface area contributed by atoms with Crippen LogP contribution in [0.1, 0.15) is 49.9 Å². The first-order valence-electron chi connectivity index (χ1n) is 19.3. The Morgan fingerprint density at radius 1 is 0.296 bits per heavy atom. The number of rotatable bonds is 3. The van der Waals surface area contributed by atoms with Crippen LogP contribution in [0.3, 0.4) is 0 Å². The molecule has 0 spiro atoms. The second kappa shape index (κ2) is 11.1. The van der Waals surface area contributed by atoms with Crippen molar-refractivity contribution < 1.29 is 0 Å². The number of fused-ring (bicyclic) bond motifs is 10. The van der Waals surface area contributed by atoms with E-state index in [4.69, 9.17) is 0 Å². The summed E-state index contributed by atoms with van der Waals surface area (Å²) in [5.74, 6) is 0. The second-order valence-electron chi connectivity index (χ2n) is 16.4. The molecule has 0 aliphatic heterocycles. The Bertz CT molecular complexity index is 2990. The second-order valence-corrected chi connectivity index (χ2v) is 16.4. The number of hydrogen-bond donors (Lipinski definition) is 0. The van der Waals surface area contributed by atoms with E-state index in [9.17, 15) is 0 Å². The summed E-state index contributed by atoms with van der Waals surface area (Å²) in [5.41, 5.74) is 18.6. The molecule has 2 aliphatic rings. The Kier molecular flexibility index (Phi) is 6.46. The maximum atomic E-state index is 2.47. The summed E-state index contributed by atoms with van der Waals surface area (Å²) in [6.45, 7) is 9.55. The summed E-state index contributed by atoms with van der Waals surface area (Å²) >= 11 is 0. The Balaban J connectivity index is 1.12. The molecule has 11 rings (SSSR count). The molecule has 0 heteroatoms. The third-order valence-electron chi connectivity index (χ3n) is 12.8. The normalized spacial score (nSPS) is 14.6. The van der Waals surface area contributed by atoms with Gasteiger partial charge >= 0.3 is 0 Å². The van der Waals surface area contributed by atoms with Crippen LogP contribution in [-0.4, -0.2) is 0 Å². The van der Waals surface area contributed by atoms with Crippen molar-refractivity contribution >= 4 is 32.3 Å². The van der Waals surface area contributed by atoms with E-state index >= 15 is 0 Å². The topological polar surface area (TPSA) is 0 Å². The first-order chi connectivity index (χ1) is 26.3. The van der Waals surface area contributed by atoms with Gasteiger partial charge in [0.15, 0.2) is 0 Å². The molecule has 0 saturated heterocycles. The highest BCUT2D eigenvalue weighted by molar-refractivity contribution is 6.21. The molecule has 0 heterocycles. The summed E-state index contributed by atoms with van der Waals surface area (Å²) in [6, 6.07) is 63.9. The molecule has 9 aromatic carbocycles. The molecule has 0 bridgehead atoms. The molecule has 0 unspecified atom stereocenters. The quantitative estimate of drug-likeness (QED) is 0.162. The SMILES string of the molecule is CC1(C)c2ccccc2-c2ccc(-c3c4ccccc4c(-c4cccc(-c5cccc6c5C(C)(C)c5ccc7ccccc7c5-6)c4)c4ccccc34)cc21. The maximum absolute atomic E-state index is 2.47. The van der Waals surface area contributed by atoms with E-state index in [2.05, 4.69) is 198 Å². The molecule has 0 nitrogen and oxygen atoms in total. The largest absolute Gasteiger partial charge is 0.0619 e. The van der Waals surface area contributed by atoms with Gasteiger partial charge in [-0.05, 0) is 122 Å². The molecule has 256 valence electrons.